The summed E-state index contributed by atoms with van der Waals surface area (Å²) in [5, 5.41) is 0. The van der Waals surface area contributed by atoms with Crippen LogP contribution in [0.15, 0.2) is 59.4 Å². The number of imidazole rings is 1. The van der Waals surface area contributed by atoms with E-state index in [2.05, 4.69) is 34.1 Å². The summed E-state index contributed by atoms with van der Waals surface area (Å²) in [5.41, 5.74) is 2.07. The summed E-state index contributed by atoms with van der Waals surface area (Å²) in [5.74, 6) is 0. The van der Waals surface area contributed by atoms with Crippen LogP contribution in [-0.2, 0) is 11.3 Å². The van der Waals surface area contributed by atoms with Crippen LogP contribution in [0.5, 0.6) is 0 Å². The normalized spacial score (nSPS) is 23.7. The van der Waals surface area contributed by atoms with Crippen LogP contribution < -0.4 is 5.69 Å². The summed E-state index contributed by atoms with van der Waals surface area (Å²) in [6, 6.07) is 18.5. The maximum absolute atomic E-state index is 12.7. The third kappa shape index (κ3) is 3.70. The molecule has 2 aliphatic rings. The minimum absolute atomic E-state index is 0. The van der Waals surface area contributed by atoms with Crippen molar-refractivity contribution < 1.29 is 9.53 Å². The summed E-state index contributed by atoms with van der Waals surface area (Å²) < 4.78 is 6.89. The second-order valence-electron chi connectivity index (χ2n) is 7.80. The number of piperidine rings is 1. The van der Waals surface area contributed by atoms with E-state index in [4.69, 9.17) is 4.74 Å². The molecule has 2 aliphatic heterocycles. The molecule has 0 amide bonds. The molecule has 2 atom stereocenters. The average Bonchev–Trinajstić information content (AvgIpc) is 3.14. The van der Waals surface area contributed by atoms with Gasteiger partial charge in [0.2, 0.25) is 0 Å². The zero-order chi connectivity index (χ0) is 19.1. The number of aromatic nitrogens is 2. The highest BCUT2D eigenvalue weighted by Crippen LogP contribution is 2.38. The molecule has 1 N–H and O–H groups in total. The fourth-order valence-corrected chi connectivity index (χ4v) is 4.80. The summed E-state index contributed by atoms with van der Waals surface area (Å²) in [7, 11) is 0. The number of carbonyl (C=O) groups is 1. The van der Waals surface area contributed by atoms with Gasteiger partial charge in [-0.05, 0) is 30.5 Å². The van der Waals surface area contributed by atoms with Gasteiger partial charge in [-0.2, -0.15) is 4.57 Å². The molecule has 2 aromatic carbocycles. The molecule has 0 saturated carbocycles. The second kappa shape index (κ2) is 8.05. The summed E-state index contributed by atoms with van der Waals surface area (Å²) in [6.07, 6.45) is 3.20. The van der Waals surface area contributed by atoms with Gasteiger partial charge in [0.1, 0.15) is 6.10 Å². The fourth-order valence-electron chi connectivity index (χ4n) is 4.80. The molecule has 3 aromatic rings. The lowest BCUT2D eigenvalue weighted by molar-refractivity contribution is 0.0151. The maximum atomic E-state index is 12.7. The van der Waals surface area contributed by atoms with Crippen molar-refractivity contribution in [1.29, 1.82) is 0 Å². The highest BCUT2D eigenvalue weighted by molar-refractivity contribution is 5.86. The molecular formula is C22H24ClN3O3. The van der Waals surface area contributed by atoms with Gasteiger partial charge in [0.15, 0.2) is 0 Å². The predicted octanol–water partition coefficient (Wildman–Crippen LogP) is 3.93. The number of fused-ring (bicyclic) bond motifs is 3. The highest BCUT2D eigenvalue weighted by atomic mass is 35.5. The number of hydrogen-bond donors (Lipinski definition) is 1. The number of para-hydroxylation sites is 2. The van der Waals surface area contributed by atoms with E-state index < -0.39 is 11.8 Å². The molecule has 1 aromatic heterocycles. The van der Waals surface area contributed by atoms with E-state index in [-0.39, 0.29) is 18.5 Å². The first-order valence-corrected chi connectivity index (χ1v) is 9.89. The first-order chi connectivity index (χ1) is 13.7. The molecule has 152 valence electrons. The van der Waals surface area contributed by atoms with Crippen LogP contribution in [0.25, 0.3) is 11.0 Å². The molecule has 0 spiro atoms. The van der Waals surface area contributed by atoms with Crippen LogP contribution in [0.4, 0.5) is 4.79 Å². The Morgan fingerprint density at radius 3 is 2.38 bits per heavy atom. The Labute approximate surface area is 174 Å². The Hall–Kier alpha value is -2.57. The second-order valence-corrected chi connectivity index (χ2v) is 7.80. The number of ether oxygens (including phenoxy) is 1. The zero-order valence-electron chi connectivity index (χ0n) is 16.0. The largest absolute Gasteiger partial charge is 0.445 e. The average molecular weight is 414 g/mol. The molecule has 5 rings (SSSR count). The Balaban J connectivity index is 0.00000205. The number of halogens is 1. The maximum Gasteiger partial charge on any atom is 0.423 e. The van der Waals surface area contributed by atoms with Gasteiger partial charge in [0.05, 0.1) is 11.0 Å². The van der Waals surface area contributed by atoms with Gasteiger partial charge in [-0.25, -0.2) is 9.59 Å². The van der Waals surface area contributed by atoms with Gasteiger partial charge >= 0.3 is 11.8 Å². The van der Waals surface area contributed by atoms with Crippen molar-refractivity contribution in [3.63, 3.8) is 0 Å². The van der Waals surface area contributed by atoms with Gasteiger partial charge in [0.25, 0.3) is 0 Å². The van der Waals surface area contributed by atoms with Crippen molar-refractivity contribution in [3.8, 4) is 0 Å². The molecule has 0 radical (unpaired) electrons. The predicted molar refractivity (Wildman–Crippen MR) is 114 cm³/mol. The minimum Gasteiger partial charge on any atom is -0.445 e. The number of aromatic amines is 1. The lowest BCUT2D eigenvalue weighted by atomic mass is 9.99. The van der Waals surface area contributed by atoms with Crippen LogP contribution >= 0.6 is 12.4 Å². The van der Waals surface area contributed by atoms with Crippen LogP contribution in [0.3, 0.4) is 0 Å². The quantitative estimate of drug-likeness (QED) is 0.706. The van der Waals surface area contributed by atoms with Crippen molar-refractivity contribution in [2.75, 3.05) is 0 Å². The first kappa shape index (κ1) is 19.7. The van der Waals surface area contributed by atoms with Crippen molar-refractivity contribution in [1.82, 2.24) is 14.5 Å². The van der Waals surface area contributed by atoms with Crippen LogP contribution in [0.1, 0.15) is 31.2 Å². The summed E-state index contributed by atoms with van der Waals surface area (Å²) in [6.45, 7) is 0.943. The van der Waals surface area contributed by atoms with E-state index >= 15 is 0 Å². The zero-order valence-corrected chi connectivity index (χ0v) is 16.8. The smallest absolute Gasteiger partial charge is 0.423 e. The molecule has 29 heavy (non-hydrogen) atoms. The standard InChI is InChI=1S/C22H23N3O3.ClH/c26-21-23-19-8-4-5-9-20(19)25(21)22(27)28-18-12-16-10-11-17(13-18)24(16)14-15-6-2-1-3-7-15;/h1-9,16-18H,10-14H2,(H,23,26);1H. The van der Waals surface area contributed by atoms with Crippen molar-refractivity contribution >= 4 is 29.5 Å². The lowest BCUT2D eigenvalue weighted by Crippen LogP contribution is -2.46. The Morgan fingerprint density at radius 1 is 1.00 bits per heavy atom. The molecule has 2 fully saturated rings. The van der Waals surface area contributed by atoms with Crippen LogP contribution in [-0.4, -0.2) is 38.7 Å². The number of H-pyrrole nitrogens is 1. The van der Waals surface area contributed by atoms with Gasteiger partial charge in [0, 0.05) is 31.5 Å². The number of nitrogens with one attached hydrogen (secondary N) is 1. The number of carbonyl (C=O) groups excluding carboxylic acids is 1. The molecular weight excluding hydrogens is 390 g/mol. The number of benzene rings is 2. The molecule has 2 bridgehead atoms. The van der Waals surface area contributed by atoms with Gasteiger partial charge in [-0.1, -0.05) is 42.5 Å². The topological polar surface area (TPSA) is 67.3 Å². The first-order valence-electron chi connectivity index (χ1n) is 9.89. The number of rotatable bonds is 3. The van der Waals surface area contributed by atoms with E-state index in [9.17, 15) is 9.59 Å². The van der Waals surface area contributed by atoms with Crippen molar-refractivity contribution in [3.05, 3.63) is 70.6 Å². The highest BCUT2D eigenvalue weighted by Gasteiger charge is 2.42. The number of nitrogens with zero attached hydrogens (tertiary/aromatic N) is 2. The Morgan fingerprint density at radius 2 is 1.66 bits per heavy atom. The Bertz CT molecular complexity index is 1050. The van der Waals surface area contributed by atoms with Gasteiger partial charge in [-0.3, -0.25) is 4.90 Å². The van der Waals surface area contributed by atoms with Crippen molar-refractivity contribution in [2.24, 2.45) is 0 Å². The Kier molecular flexibility index (Phi) is 5.48. The van der Waals surface area contributed by atoms with Crippen LogP contribution in [0, 0.1) is 0 Å². The van der Waals surface area contributed by atoms with Gasteiger partial charge < -0.3 is 9.72 Å². The van der Waals surface area contributed by atoms with E-state index in [0.29, 0.717) is 23.1 Å². The van der Waals surface area contributed by atoms with Crippen LogP contribution in [0.2, 0.25) is 0 Å². The summed E-state index contributed by atoms with van der Waals surface area (Å²) >= 11 is 0. The van der Waals surface area contributed by atoms with E-state index in [1.54, 1.807) is 12.1 Å². The third-order valence-corrected chi connectivity index (χ3v) is 6.09. The molecule has 0 aliphatic carbocycles. The van der Waals surface area contributed by atoms with E-state index in [1.165, 1.54) is 5.56 Å². The fraction of sp³-hybridized carbons (Fsp3) is 0.364. The molecule has 7 heteroatoms. The number of hydrogen-bond acceptors (Lipinski definition) is 4. The molecule has 3 heterocycles. The SMILES string of the molecule is Cl.O=C(OC1CC2CCC(C1)N2Cc1ccccc1)n1c(=O)[nH]c2ccccc21. The third-order valence-electron chi connectivity index (χ3n) is 6.09. The van der Waals surface area contributed by atoms with E-state index in [1.807, 2.05) is 18.2 Å². The minimum atomic E-state index is -0.580. The van der Waals surface area contributed by atoms with E-state index in [0.717, 1.165) is 36.8 Å². The lowest BCUT2D eigenvalue weighted by Gasteiger charge is -2.38. The molecule has 2 unspecified atom stereocenters. The monoisotopic (exact) mass is 413 g/mol. The van der Waals surface area contributed by atoms with Crippen molar-refractivity contribution in [2.45, 2.75) is 50.4 Å². The van der Waals surface area contributed by atoms with Gasteiger partial charge in [-0.15, -0.1) is 12.4 Å². The molecule has 6 nitrogen and oxygen atoms in total. The molecule has 2 saturated heterocycles. The summed E-state index contributed by atoms with van der Waals surface area (Å²) in [4.78, 5) is 30.2.